The summed E-state index contributed by atoms with van der Waals surface area (Å²) in [5.74, 6) is 0.399. The first-order valence-corrected chi connectivity index (χ1v) is 25.5. The van der Waals surface area contributed by atoms with E-state index in [9.17, 15) is 0 Å². The zero-order chi connectivity index (χ0) is 47.4. The van der Waals surface area contributed by atoms with Gasteiger partial charge in [-0.2, -0.15) is 9.13 Å². The average Bonchev–Trinajstić information content (AvgIpc) is 3.98. The van der Waals surface area contributed by atoms with Gasteiger partial charge in [0, 0.05) is 23.8 Å². The van der Waals surface area contributed by atoms with Gasteiger partial charge in [0.15, 0.2) is 12.4 Å². The first-order valence-electron chi connectivity index (χ1n) is 25.5. The predicted molar refractivity (Wildman–Crippen MR) is 291 cm³/mol. The third-order valence-electron chi connectivity index (χ3n) is 16.3. The third-order valence-corrected chi connectivity index (χ3v) is 16.3. The van der Waals surface area contributed by atoms with Crippen molar-refractivity contribution in [2.75, 3.05) is 0 Å². The molecule has 340 valence electrons. The Bertz CT molecular complexity index is 3590. The number of aryl methyl sites for hydroxylation is 2. The van der Waals surface area contributed by atoms with Gasteiger partial charge >= 0.3 is 0 Å². The van der Waals surface area contributed by atoms with Crippen LogP contribution in [0.1, 0.15) is 62.6 Å². The summed E-state index contributed by atoms with van der Waals surface area (Å²) < 4.78 is 5.33. The highest BCUT2D eigenvalue weighted by Gasteiger charge is 2.85. The molecule has 2 aliphatic rings. The fraction of sp³-hybridized carbons (Fsp3) is 0.176. The first kappa shape index (κ1) is 43.6. The molecule has 2 aromatic heterocycles. The highest BCUT2D eigenvalue weighted by atomic mass is 15.2. The number of hydrogen-bond donors (Lipinski definition) is 0. The maximum absolute atomic E-state index is 2.71. The van der Waals surface area contributed by atoms with E-state index in [0.29, 0.717) is 5.92 Å². The van der Waals surface area contributed by atoms with Crippen molar-refractivity contribution in [3.05, 3.63) is 241 Å². The molecule has 1 aliphatic carbocycles. The number of benzene rings is 8. The lowest BCUT2D eigenvalue weighted by molar-refractivity contribution is -0.808. The van der Waals surface area contributed by atoms with Crippen molar-refractivity contribution in [1.29, 1.82) is 0 Å². The Morgan fingerprint density at radius 2 is 1.03 bits per heavy atom. The van der Waals surface area contributed by atoms with Crippen LogP contribution < -0.4 is 9.13 Å². The molecule has 1 fully saturated rings. The van der Waals surface area contributed by atoms with Crippen LogP contribution in [0.2, 0.25) is 0 Å². The molecular formula is C68H60N2+2. The van der Waals surface area contributed by atoms with E-state index in [1.807, 2.05) is 0 Å². The van der Waals surface area contributed by atoms with Gasteiger partial charge in [-0.15, -0.1) is 0 Å². The summed E-state index contributed by atoms with van der Waals surface area (Å²) in [6.07, 6.45) is 9.44. The van der Waals surface area contributed by atoms with E-state index in [1.165, 1.54) is 118 Å². The van der Waals surface area contributed by atoms with E-state index < -0.39 is 0 Å². The molecule has 2 heteroatoms. The Labute approximate surface area is 414 Å². The molecule has 3 unspecified atom stereocenters. The third kappa shape index (κ3) is 7.32. The van der Waals surface area contributed by atoms with Crippen molar-refractivity contribution >= 4 is 10.8 Å². The molecule has 8 aromatic carbocycles. The van der Waals surface area contributed by atoms with Gasteiger partial charge < -0.3 is 0 Å². The van der Waals surface area contributed by atoms with Crippen molar-refractivity contribution in [2.45, 2.75) is 71.4 Å². The van der Waals surface area contributed by atoms with Gasteiger partial charge in [-0.05, 0) is 152 Å². The highest BCUT2D eigenvalue weighted by Crippen LogP contribution is 2.74. The summed E-state index contributed by atoms with van der Waals surface area (Å²) in [5.41, 5.74) is 21.5. The molecule has 0 amide bonds. The number of pyridine rings is 2. The first-order chi connectivity index (χ1) is 34.4. The smallest absolute Gasteiger partial charge is 0.190 e. The Kier molecular flexibility index (Phi) is 11.0. The van der Waals surface area contributed by atoms with Crippen molar-refractivity contribution in [2.24, 2.45) is 5.41 Å². The van der Waals surface area contributed by atoms with Crippen LogP contribution in [-0.4, -0.2) is 0 Å². The molecule has 0 bridgehead atoms. The summed E-state index contributed by atoms with van der Waals surface area (Å²) in [7, 11) is 0. The standard InChI is InChI=1S/C68H60N2/c1-5-7-20-48-35-38-70-64(39-48)61-31-16-17-32-62(61)66-67(4,6-2)68(66,70)46-69-37-36-51-25-14-15-30-60(51)65(69)63-45-56(34-33-47(63)3)53-27-19-29-55(41-53)59-43-57(50-23-12-9-13-24-50)42-58(44-59)54-28-18-26-52(40-54)49-21-10-8-11-22-49/h8-19,21-45,66H,5-7,20,46H2,1-4H3/q+2. The number of rotatable bonds is 12. The fourth-order valence-corrected chi connectivity index (χ4v) is 12.4. The summed E-state index contributed by atoms with van der Waals surface area (Å²) in [6, 6.07) is 79.3. The second kappa shape index (κ2) is 17.7. The Hall–Kier alpha value is -7.68. The minimum absolute atomic E-state index is 0.0690. The van der Waals surface area contributed by atoms with Crippen LogP contribution in [0.15, 0.2) is 225 Å². The maximum atomic E-state index is 2.71. The van der Waals surface area contributed by atoms with Crippen LogP contribution in [0.4, 0.5) is 0 Å². The predicted octanol–water partition coefficient (Wildman–Crippen LogP) is 16.7. The van der Waals surface area contributed by atoms with Crippen LogP contribution in [0.5, 0.6) is 0 Å². The zero-order valence-corrected chi connectivity index (χ0v) is 40.9. The molecule has 1 saturated carbocycles. The molecule has 1 aliphatic heterocycles. The normalized spacial score (nSPS) is 17.7. The maximum Gasteiger partial charge on any atom is 0.239 e. The number of nitrogens with zero attached hydrogens (tertiary/aromatic N) is 2. The van der Waals surface area contributed by atoms with E-state index in [-0.39, 0.29) is 11.0 Å². The van der Waals surface area contributed by atoms with Gasteiger partial charge in [-0.3, -0.25) is 0 Å². The number of unbranched alkanes of at least 4 members (excludes halogenated alkanes) is 1. The summed E-state index contributed by atoms with van der Waals surface area (Å²) >= 11 is 0. The lowest BCUT2D eigenvalue weighted by atomic mass is 9.90. The van der Waals surface area contributed by atoms with Gasteiger partial charge in [-0.25, -0.2) is 0 Å². The number of aromatic nitrogens is 2. The van der Waals surface area contributed by atoms with Crippen LogP contribution in [0, 0.1) is 12.3 Å². The minimum atomic E-state index is -0.132. The van der Waals surface area contributed by atoms with E-state index in [0.717, 1.165) is 19.4 Å². The average molecular weight is 905 g/mol. The second-order valence-corrected chi connectivity index (χ2v) is 20.2. The van der Waals surface area contributed by atoms with Gasteiger partial charge in [0.05, 0.1) is 22.3 Å². The lowest BCUT2D eigenvalue weighted by Gasteiger charge is -2.23. The molecule has 10 aromatic rings. The van der Waals surface area contributed by atoms with Gasteiger partial charge in [0.1, 0.15) is 0 Å². The largest absolute Gasteiger partial charge is 0.239 e. The molecule has 12 rings (SSSR count). The summed E-state index contributed by atoms with van der Waals surface area (Å²) in [6.45, 7) is 10.4. The van der Waals surface area contributed by atoms with Crippen molar-refractivity contribution in [3.8, 4) is 78.1 Å². The monoisotopic (exact) mass is 904 g/mol. The SMILES string of the molecule is CCCCc1cc[n+]2c(c1)-c1ccccc1C1C(C)(CC)C12C[n+]1ccc2ccccc2c1-c1cc(-c2cccc(-c3cc(-c4ccccc4)cc(-c4cccc(-c5ccccc5)c4)c3)c2)ccc1C. The molecule has 3 atom stereocenters. The van der Waals surface area contributed by atoms with E-state index >= 15 is 0 Å². The topological polar surface area (TPSA) is 7.76 Å². The molecule has 70 heavy (non-hydrogen) atoms. The van der Waals surface area contributed by atoms with E-state index in [4.69, 9.17) is 0 Å². The molecular weight excluding hydrogens is 845 g/mol. The molecule has 0 spiro atoms. The summed E-state index contributed by atoms with van der Waals surface area (Å²) in [5, 5.41) is 2.54. The number of hydrogen-bond acceptors (Lipinski definition) is 0. The fourth-order valence-electron chi connectivity index (χ4n) is 12.4. The van der Waals surface area contributed by atoms with Crippen LogP contribution >= 0.6 is 0 Å². The highest BCUT2D eigenvalue weighted by molar-refractivity contribution is 5.94. The molecule has 0 radical (unpaired) electrons. The van der Waals surface area contributed by atoms with Gasteiger partial charge in [-0.1, -0.05) is 173 Å². The Morgan fingerprint density at radius 3 is 1.71 bits per heavy atom. The molecule has 0 saturated heterocycles. The van der Waals surface area contributed by atoms with E-state index in [2.05, 4.69) is 262 Å². The van der Waals surface area contributed by atoms with E-state index in [1.54, 1.807) is 0 Å². The quantitative estimate of drug-likeness (QED) is 0.108. The van der Waals surface area contributed by atoms with Crippen LogP contribution in [0.25, 0.3) is 88.9 Å². The van der Waals surface area contributed by atoms with Crippen molar-refractivity contribution in [1.82, 2.24) is 0 Å². The van der Waals surface area contributed by atoms with Crippen LogP contribution in [0.3, 0.4) is 0 Å². The molecule has 0 N–H and O–H groups in total. The minimum Gasteiger partial charge on any atom is -0.190 e. The lowest BCUT2D eigenvalue weighted by Crippen LogP contribution is -2.60. The van der Waals surface area contributed by atoms with Crippen molar-refractivity contribution < 1.29 is 9.13 Å². The Morgan fingerprint density at radius 1 is 0.471 bits per heavy atom. The van der Waals surface area contributed by atoms with Gasteiger partial charge in [0.2, 0.25) is 23.5 Å². The Balaban J connectivity index is 0.973. The zero-order valence-electron chi connectivity index (χ0n) is 40.9. The molecule has 3 heterocycles. The number of fused-ring (bicyclic) bond motifs is 7. The second-order valence-electron chi connectivity index (χ2n) is 20.2. The van der Waals surface area contributed by atoms with Gasteiger partial charge in [0.25, 0.3) is 0 Å². The molecule has 2 nitrogen and oxygen atoms in total. The van der Waals surface area contributed by atoms with Crippen molar-refractivity contribution in [3.63, 3.8) is 0 Å². The summed E-state index contributed by atoms with van der Waals surface area (Å²) in [4.78, 5) is 0. The van der Waals surface area contributed by atoms with Crippen LogP contribution in [-0.2, 0) is 18.5 Å².